The van der Waals surface area contributed by atoms with Crippen LogP contribution in [0.15, 0.2) is 18.2 Å². The van der Waals surface area contributed by atoms with Crippen LogP contribution < -0.4 is 5.32 Å². The normalized spacial score (nSPS) is 11.9. The molecule has 0 aliphatic heterocycles. The lowest BCUT2D eigenvalue weighted by atomic mass is 10.1. The molecule has 19 heavy (non-hydrogen) atoms. The lowest BCUT2D eigenvalue weighted by molar-refractivity contribution is -0.139. The molecule has 0 spiro atoms. The highest BCUT2D eigenvalue weighted by Crippen LogP contribution is 2.09. The first-order valence-electron chi connectivity index (χ1n) is 5.42. The number of carbonyl (C=O) groups is 2. The number of carboxylic acids is 1. The summed E-state index contributed by atoms with van der Waals surface area (Å²) in [5, 5.41) is 11.2. The fourth-order valence-corrected chi connectivity index (χ4v) is 1.89. The molecule has 2 N–H and O–H groups in total. The van der Waals surface area contributed by atoms with Crippen molar-refractivity contribution in [2.45, 2.75) is 12.5 Å². The molecule has 0 saturated heterocycles. The highest BCUT2D eigenvalue weighted by atomic mass is 32.2. The Kier molecular flexibility index (Phi) is 5.75. The third-order valence-electron chi connectivity index (χ3n) is 2.34. The molecule has 0 aliphatic rings. The molecular weight excluding hydrogens is 276 g/mol. The topological polar surface area (TPSA) is 66.4 Å². The number of carbonyl (C=O) groups excluding carboxylic acids is 1. The van der Waals surface area contributed by atoms with Crippen LogP contribution in [0.5, 0.6) is 0 Å². The Morgan fingerprint density at radius 3 is 2.37 bits per heavy atom. The van der Waals surface area contributed by atoms with E-state index in [2.05, 4.69) is 5.32 Å². The maximum absolute atomic E-state index is 12.9. The molecule has 1 atom stereocenters. The van der Waals surface area contributed by atoms with Crippen LogP contribution in [-0.2, 0) is 4.79 Å². The molecule has 1 aromatic carbocycles. The van der Waals surface area contributed by atoms with Crippen LogP contribution in [0.1, 0.15) is 16.8 Å². The highest BCUT2D eigenvalue weighted by molar-refractivity contribution is 7.98. The molecule has 0 aliphatic carbocycles. The van der Waals surface area contributed by atoms with Gasteiger partial charge in [0.25, 0.3) is 5.91 Å². The lowest BCUT2D eigenvalue weighted by Crippen LogP contribution is -2.41. The van der Waals surface area contributed by atoms with Gasteiger partial charge in [-0.2, -0.15) is 11.8 Å². The van der Waals surface area contributed by atoms with Crippen molar-refractivity contribution in [1.82, 2.24) is 5.32 Å². The zero-order valence-electron chi connectivity index (χ0n) is 10.2. The Labute approximate surface area is 113 Å². The van der Waals surface area contributed by atoms with Gasteiger partial charge in [0.2, 0.25) is 0 Å². The fraction of sp³-hybridized carbons (Fsp3) is 0.333. The monoisotopic (exact) mass is 289 g/mol. The van der Waals surface area contributed by atoms with Gasteiger partial charge in [0, 0.05) is 11.6 Å². The van der Waals surface area contributed by atoms with Crippen molar-refractivity contribution in [2.24, 2.45) is 0 Å². The first-order chi connectivity index (χ1) is 8.93. The molecule has 0 radical (unpaired) electrons. The average Bonchev–Trinajstić information content (AvgIpc) is 2.32. The van der Waals surface area contributed by atoms with E-state index in [-0.39, 0.29) is 12.0 Å². The Hall–Kier alpha value is -1.63. The highest BCUT2D eigenvalue weighted by Gasteiger charge is 2.20. The molecule has 0 fully saturated rings. The van der Waals surface area contributed by atoms with Gasteiger partial charge in [0.1, 0.15) is 17.7 Å². The summed E-state index contributed by atoms with van der Waals surface area (Å²) in [5.74, 6) is -3.22. The molecule has 0 heterocycles. The molecule has 0 aromatic heterocycles. The molecule has 104 valence electrons. The molecule has 4 nitrogen and oxygen atoms in total. The number of hydrogen-bond donors (Lipinski definition) is 2. The van der Waals surface area contributed by atoms with Crippen molar-refractivity contribution in [3.05, 3.63) is 35.4 Å². The Bertz CT molecular complexity index is 462. The number of hydrogen-bond acceptors (Lipinski definition) is 3. The number of aliphatic carboxylic acids is 1. The van der Waals surface area contributed by atoms with E-state index in [0.29, 0.717) is 11.8 Å². The van der Waals surface area contributed by atoms with Gasteiger partial charge < -0.3 is 10.4 Å². The molecule has 1 rings (SSSR count). The first-order valence-corrected chi connectivity index (χ1v) is 6.82. The van der Waals surface area contributed by atoms with Gasteiger partial charge in [-0.25, -0.2) is 13.6 Å². The molecule has 1 aromatic rings. The fourth-order valence-electron chi connectivity index (χ4n) is 1.42. The zero-order valence-corrected chi connectivity index (χ0v) is 11.0. The predicted molar refractivity (Wildman–Crippen MR) is 68.2 cm³/mol. The van der Waals surface area contributed by atoms with Gasteiger partial charge in [-0.15, -0.1) is 0 Å². The molecular formula is C12H13F2NO3S. The van der Waals surface area contributed by atoms with Crippen LogP contribution in [0.25, 0.3) is 0 Å². The number of amides is 1. The van der Waals surface area contributed by atoms with Crippen molar-refractivity contribution in [2.75, 3.05) is 12.0 Å². The van der Waals surface area contributed by atoms with Crippen LogP contribution >= 0.6 is 11.8 Å². The molecule has 0 saturated carbocycles. The van der Waals surface area contributed by atoms with Crippen molar-refractivity contribution in [3.8, 4) is 0 Å². The van der Waals surface area contributed by atoms with Gasteiger partial charge >= 0.3 is 5.97 Å². The summed E-state index contributed by atoms with van der Waals surface area (Å²) in [6.07, 6.45) is 2.04. The molecule has 1 amide bonds. The number of thioether (sulfide) groups is 1. The number of carboxylic acid groups (broad SMARTS) is 1. The van der Waals surface area contributed by atoms with Crippen molar-refractivity contribution in [3.63, 3.8) is 0 Å². The summed E-state index contributed by atoms with van der Waals surface area (Å²) in [6.45, 7) is 0. The van der Waals surface area contributed by atoms with E-state index in [1.807, 2.05) is 6.26 Å². The molecule has 1 unspecified atom stereocenters. The minimum Gasteiger partial charge on any atom is -0.480 e. The van der Waals surface area contributed by atoms with Gasteiger partial charge in [-0.05, 0) is 30.6 Å². The standard InChI is InChI=1S/C12H13F2NO3S/c1-19-3-2-10(12(17)18)15-11(16)7-4-8(13)6-9(14)5-7/h4-6,10H,2-3H2,1H3,(H,15,16)(H,17,18). The number of benzene rings is 1. The van der Waals surface area contributed by atoms with Crippen LogP contribution in [0.4, 0.5) is 8.78 Å². The second kappa shape index (κ2) is 7.08. The number of rotatable bonds is 6. The van der Waals surface area contributed by atoms with Gasteiger partial charge in [-0.3, -0.25) is 4.79 Å². The summed E-state index contributed by atoms with van der Waals surface area (Å²) in [5.41, 5.74) is -0.243. The maximum atomic E-state index is 12.9. The van der Waals surface area contributed by atoms with Gasteiger partial charge in [0.05, 0.1) is 0 Å². The minimum atomic E-state index is -1.18. The van der Waals surface area contributed by atoms with Crippen LogP contribution in [0.2, 0.25) is 0 Å². The minimum absolute atomic E-state index is 0.236. The van der Waals surface area contributed by atoms with E-state index in [1.54, 1.807) is 0 Å². The Balaban J connectivity index is 2.78. The summed E-state index contributed by atoms with van der Waals surface area (Å²) < 4.78 is 25.9. The molecule has 0 bridgehead atoms. The van der Waals surface area contributed by atoms with Crippen LogP contribution in [0, 0.1) is 11.6 Å². The van der Waals surface area contributed by atoms with E-state index in [4.69, 9.17) is 5.11 Å². The van der Waals surface area contributed by atoms with E-state index >= 15 is 0 Å². The largest absolute Gasteiger partial charge is 0.480 e. The van der Waals surface area contributed by atoms with E-state index < -0.39 is 29.6 Å². The van der Waals surface area contributed by atoms with Gasteiger partial charge in [0.15, 0.2) is 0 Å². The summed E-state index contributed by atoms with van der Waals surface area (Å²) in [6, 6.07) is 1.27. The smallest absolute Gasteiger partial charge is 0.326 e. The Morgan fingerprint density at radius 2 is 1.89 bits per heavy atom. The lowest BCUT2D eigenvalue weighted by Gasteiger charge is -2.14. The number of halogens is 2. The van der Waals surface area contributed by atoms with Crippen LogP contribution in [0.3, 0.4) is 0 Å². The van der Waals surface area contributed by atoms with Crippen LogP contribution in [-0.4, -0.2) is 35.0 Å². The third kappa shape index (κ3) is 4.86. The number of nitrogens with one attached hydrogen (secondary N) is 1. The summed E-state index contributed by atoms with van der Waals surface area (Å²) >= 11 is 1.44. The Morgan fingerprint density at radius 1 is 1.32 bits per heavy atom. The van der Waals surface area contributed by atoms with Crippen molar-refractivity contribution < 1.29 is 23.5 Å². The zero-order chi connectivity index (χ0) is 14.4. The third-order valence-corrected chi connectivity index (χ3v) is 2.98. The van der Waals surface area contributed by atoms with Crippen molar-refractivity contribution >= 4 is 23.6 Å². The van der Waals surface area contributed by atoms with E-state index in [9.17, 15) is 18.4 Å². The van der Waals surface area contributed by atoms with Gasteiger partial charge in [-0.1, -0.05) is 0 Å². The first kappa shape index (κ1) is 15.4. The quantitative estimate of drug-likeness (QED) is 0.839. The second-order valence-corrected chi connectivity index (χ2v) is 4.79. The predicted octanol–water partition coefficient (Wildman–Crippen LogP) is 1.90. The average molecular weight is 289 g/mol. The van der Waals surface area contributed by atoms with Crippen molar-refractivity contribution in [1.29, 1.82) is 0 Å². The SMILES string of the molecule is CSCCC(NC(=O)c1cc(F)cc(F)c1)C(=O)O. The van der Waals surface area contributed by atoms with E-state index in [0.717, 1.165) is 12.1 Å². The second-order valence-electron chi connectivity index (χ2n) is 3.80. The summed E-state index contributed by atoms with van der Waals surface area (Å²) in [4.78, 5) is 22.6. The van der Waals surface area contributed by atoms with E-state index in [1.165, 1.54) is 11.8 Å². The maximum Gasteiger partial charge on any atom is 0.326 e. The molecule has 7 heteroatoms. The summed E-state index contributed by atoms with van der Waals surface area (Å²) in [7, 11) is 0.